The number of hydrogen-bond acceptors (Lipinski definition) is 2. The minimum atomic E-state index is -0.0624. The molecule has 1 aliphatic rings. The predicted molar refractivity (Wildman–Crippen MR) is 101 cm³/mol. The van der Waals surface area contributed by atoms with E-state index < -0.39 is 0 Å². The second kappa shape index (κ2) is 6.03. The van der Waals surface area contributed by atoms with Gasteiger partial charge in [-0.15, -0.1) is 0 Å². The molecule has 0 aromatic heterocycles. The first-order valence-electron chi connectivity index (χ1n) is 9.02. The number of hydrogen-bond donors (Lipinski definition) is 1. The molecule has 1 aromatic rings. The van der Waals surface area contributed by atoms with E-state index in [9.17, 15) is 5.11 Å². The number of anilines is 1. The van der Waals surface area contributed by atoms with E-state index in [-0.39, 0.29) is 10.8 Å². The monoisotopic (exact) mass is 317 g/mol. The molecule has 1 aromatic carbocycles. The Morgan fingerprint density at radius 2 is 1.43 bits per heavy atom. The maximum atomic E-state index is 11.0. The summed E-state index contributed by atoms with van der Waals surface area (Å²) in [7, 11) is 0. The number of aromatic hydroxyl groups is 1. The summed E-state index contributed by atoms with van der Waals surface area (Å²) < 4.78 is 0. The fourth-order valence-corrected chi connectivity index (χ4v) is 3.72. The van der Waals surface area contributed by atoms with Gasteiger partial charge >= 0.3 is 0 Å². The van der Waals surface area contributed by atoms with Crippen LogP contribution in [0, 0.1) is 11.8 Å². The van der Waals surface area contributed by atoms with Gasteiger partial charge in [-0.05, 0) is 40.7 Å². The highest BCUT2D eigenvalue weighted by molar-refractivity contribution is 5.65. The van der Waals surface area contributed by atoms with Crippen LogP contribution in [-0.2, 0) is 10.8 Å². The van der Waals surface area contributed by atoms with Gasteiger partial charge in [0, 0.05) is 18.7 Å². The fraction of sp³-hybridized carbons (Fsp3) is 0.714. The third-order valence-corrected chi connectivity index (χ3v) is 4.97. The average Bonchev–Trinajstić information content (AvgIpc) is 2.34. The van der Waals surface area contributed by atoms with Crippen molar-refractivity contribution in [1.29, 1.82) is 0 Å². The summed E-state index contributed by atoms with van der Waals surface area (Å²) in [4.78, 5) is 2.40. The summed E-state index contributed by atoms with van der Waals surface area (Å²) in [5.41, 5.74) is 3.41. The van der Waals surface area contributed by atoms with Gasteiger partial charge in [-0.2, -0.15) is 0 Å². The third-order valence-electron chi connectivity index (χ3n) is 4.97. The van der Waals surface area contributed by atoms with Crippen LogP contribution in [0.1, 0.15) is 72.9 Å². The topological polar surface area (TPSA) is 23.5 Å². The average molecular weight is 318 g/mol. The zero-order valence-electron chi connectivity index (χ0n) is 16.3. The third kappa shape index (κ3) is 4.02. The highest BCUT2D eigenvalue weighted by Gasteiger charge is 2.29. The Kier molecular flexibility index (Phi) is 4.76. The van der Waals surface area contributed by atoms with Crippen molar-refractivity contribution < 1.29 is 5.11 Å². The number of rotatable bonds is 1. The van der Waals surface area contributed by atoms with Crippen molar-refractivity contribution in [2.45, 2.75) is 72.6 Å². The molecule has 2 heteroatoms. The van der Waals surface area contributed by atoms with Crippen molar-refractivity contribution in [3.8, 4) is 5.75 Å². The Hall–Kier alpha value is -1.18. The maximum Gasteiger partial charge on any atom is 0.142 e. The molecule has 0 amide bonds. The van der Waals surface area contributed by atoms with Crippen LogP contribution in [0.15, 0.2) is 12.1 Å². The highest BCUT2D eigenvalue weighted by atomic mass is 16.3. The minimum absolute atomic E-state index is 0.0624. The van der Waals surface area contributed by atoms with E-state index in [2.05, 4.69) is 72.4 Å². The molecule has 1 N–H and O–H groups in total. The lowest BCUT2D eigenvalue weighted by Gasteiger charge is -2.38. The molecule has 2 atom stereocenters. The van der Waals surface area contributed by atoms with E-state index >= 15 is 0 Å². The van der Waals surface area contributed by atoms with Crippen LogP contribution in [0.5, 0.6) is 5.75 Å². The summed E-state index contributed by atoms with van der Waals surface area (Å²) in [5, 5.41) is 11.0. The highest BCUT2D eigenvalue weighted by Crippen LogP contribution is 2.43. The van der Waals surface area contributed by atoms with Gasteiger partial charge in [-0.25, -0.2) is 0 Å². The molecule has 0 spiro atoms. The normalized spacial score (nSPS) is 23.2. The quantitative estimate of drug-likeness (QED) is 0.742. The molecule has 0 aliphatic carbocycles. The van der Waals surface area contributed by atoms with Gasteiger partial charge in [0.05, 0.1) is 5.69 Å². The van der Waals surface area contributed by atoms with Gasteiger partial charge in [0.2, 0.25) is 0 Å². The lowest BCUT2D eigenvalue weighted by Crippen LogP contribution is -2.39. The maximum absolute atomic E-state index is 11.0. The molecular weight excluding hydrogens is 282 g/mol. The van der Waals surface area contributed by atoms with Gasteiger partial charge in [0.1, 0.15) is 5.75 Å². The van der Waals surface area contributed by atoms with Crippen LogP contribution in [-0.4, -0.2) is 18.2 Å². The number of benzene rings is 1. The molecular formula is C21H35NO. The summed E-state index contributed by atoms with van der Waals surface area (Å²) in [5.74, 6) is 1.83. The summed E-state index contributed by atoms with van der Waals surface area (Å²) in [6, 6.07) is 4.42. The minimum Gasteiger partial charge on any atom is -0.505 e. The molecule has 1 aliphatic heterocycles. The number of phenols is 1. The van der Waals surface area contributed by atoms with E-state index in [1.807, 2.05) is 0 Å². The van der Waals surface area contributed by atoms with Crippen molar-refractivity contribution in [3.05, 3.63) is 23.3 Å². The van der Waals surface area contributed by atoms with Crippen LogP contribution in [0.2, 0.25) is 0 Å². The number of nitrogens with zero attached hydrogens (tertiary/aromatic N) is 1. The Labute approximate surface area is 142 Å². The van der Waals surface area contributed by atoms with Crippen LogP contribution in [0.3, 0.4) is 0 Å². The van der Waals surface area contributed by atoms with E-state index in [4.69, 9.17) is 0 Å². The van der Waals surface area contributed by atoms with E-state index in [0.29, 0.717) is 17.6 Å². The predicted octanol–water partition coefficient (Wildman–Crippen LogP) is 5.47. The second-order valence-electron chi connectivity index (χ2n) is 9.74. The molecule has 0 radical (unpaired) electrons. The Bertz CT molecular complexity index is 552. The molecule has 2 nitrogen and oxygen atoms in total. The Morgan fingerprint density at radius 3 is 1.87 bits per heavy atom. The molecule has 1 fully saturated rings. The fourth-order valence-electron chi connectivity index (χ4n) is 3.72. The molecule has 23 heavy (non-hydrogen) atoms. The zero-order chi connectivity index (χ0) is 17.6. The molecule has 2 unspecified atom stereocenters. The molecule has 0 bridgehead atoms. The van der Waals surface area contributed by atoms with Gasteiger partial charge in [0.15, 0.2) is 0 Å². The molecule has 1 saturated heterocycles. The second-order valence-corrected chi connectivity index (χ2v) is 9.74. The van der Waals surface area contributed by atoms with Crippen molar-refractivity contribution in [2.75, 3.05) is 18.0 Å². The molecule has 130 valence electrons. The molecule has 2 rings (SSSR count). The summed E-state index contributed by atoms with van der Waals surface area (Å²) >= 11 is 0. The van der Waals surface area contributed by atoms with Crippen molar-refractivity contribution in [2.24, 2.45) is 11.8 Å². The first kappa shape index (κ1) is 18.2. The smallest absolute Gasteiger partial charge is 0.142 e. The standard InChI is InChI=1S/C21H35NO/c1-14-9-15(2)13-22(12-14)18-11-16(20(3,4)5)10-17(19(18)23)21(6,7)8/h10-11,14-15,23H,9,12-13H2,1-8H3. The van der Waals surface area contributed by atoms with Crippen LogP contribution in [0.4, 0.5) is 5.69 Å². The largest absolute Gasteiger partial charge is 0.505 e. The van der Waals surface area contributed by atoms with E-state index in [0.717, 1.165) is 24.3 Å². The van der Waals surface area contributed by atoms with Gasteiger partial charge < -0.3 is 10.0 Å². The molecule has 0 saturated carbocycles. The van der Waals surface area contributed by atoms with Crippen LogP contribution < -0.4 is 4.90 Å². The summed E-state index contributed by atoms with van der Waals surface area (Å²) in [6.07, 6.45) is 1.28. The van der Waals surface area contributed by atoms with Crippen molar-refractivity contribution in [1.82, 2.24) is 0 Å². The van der Waals surface area contributed by atoms with Crippen LogP contribution in [0.25, 0.3) is 0 Å². The lowest BCUT2D eigenvalue weighted by atomic mass is 9.79. The number of phenolic OH excluding ortho intramolecular Hbond substituents is 1. The number of piperidine rings is 1. The first-order chi connectivity index (χ1) is 10.4. The summed E-state index contributed by atoms with van der Waals surface area (Å²) in [6.45, 7) is 20.0. The van der Waals surface area contributed by atoms with E-state index in [1.54, 1.807) is 0 Å². The Morgan fingerprint density at radius 1 is 0.913 bits per heavy atom. The molecule has 1 heterocycles. The Balaban J connectivity index is 2.58. The van der Waals surface area contributed by atoms with Crippen molar-refractivity contribution >= 4 is 5.69 Å². The van der Waals surface area contributed by atoms with Crippen molar-refractivity contribution in [3.63, 3.8) is 0 Å². The SMILES string of the molecule is CC1CC(C)CN(c2cc(C(C)(C)C)cc(C(C)(C)C)c2O)C1. The van der Waals surface area contributed by atoms with Gasteiger partial charge in [-0.3, -0.25) is 0 Å². The van der Waals surface area contributed by atoms with Crippen LogP contribution >= 0.6 is 0 Å². The first-order valence-corrected chi connectivity index (χ1v) is 9.02. The van der Waals surface area contributed by atoms with Gasteiger partial charge in [-0.1, -0.05) is 61.5 Å². The van der Waals surface area contributed by atoms with E-state index in [1.165, 1.54) is 12.0 Å². The lowest BCUT2D eigenvalue weighted by molar-refractivity contribution is 0.352. The zero-order valence-corrected chi connectivity index (χ0v) is 16.3. The van der Waals surface area contributed by atoms with Gasteiger partial charge in [0.25, 0.3) is 0 Å².